The normalized spacial score (nSPS) is 13.0. The van der Waals surface area contributed by atoms with Gasteiger partial charge in [-0.1, -0.05) is 60.7 Å². The number of rotatable bonds is 13. The van der Waals surface area contributed by atoms with Crippen molar-refractivity contribution in [2.45, 2.75) is 58.2 Å². The van der Waals surface area contributed by atoms with Gasteiger partial charge in [-0.25, -0.2) is 4.39 Å². The number of aromatic nitrogens is 1. The molecule has 0 saturated heterocycles. The SMILES string of the molecule is CC(C)n1c(C=C[C@H](O)C[C@H](O)CC(=O)OCc2ccc(CO[N+](=O)[O-])cc2)c(-c2ccc(F)cc2)c2ccccc21. The third-order valence-electron chi connectivity index (χ3n) is 6.75. The predicted molar refractivity (Wildman–Crippen MR) is 156 cm³/mol. The summed E-state index contributed by atoms with van der Waals surface area (Å²) in [6.07, 6.45) is 0.831. The van der Waals surface area contributed by atoms with Crippen LogP contribution in [0.5, 0.6) is 0 Å². The van der Waals surface area contributed by atoms with Crippen molar-refractivity contribution in [2.75, 3.05) is 0 Å². The fraction of sp³-hybridized carbons (Fsp3) is 0.281. The van der Waals surface area contributed by atoms with E-state index >= 15 is 0 Å². The minimum atomic E-state index is -1.13. The quantitative estimate of drug-likeness (QED) is 0.114. The summed E-state index contributed by atoms with van der Waals surface area (Å²) in [7, 11) is 0. The average Bonchev–Trinajstić information content (AvgIpc) is 3.29. The van der Waals surface area contributed by atoms with Crippen LogP contribution in [0.2, 0.25) is 0 Å². The predicted octanol–water partition coefficient (Wildman–Crippen LogP) is 6.00. The van der Waals surface area contributed by atoms with Gasteiger partial charge in [0.05, 0.1) is 18.6 Å². The monoisotopic (exact) mass is 576 g/mol. The van der Waals surface area contributed by atoms with Gasteiger partial charge < -0.3 is 24.4 Å². The van der Waals surface area contributed by atoms with Crippen LogP contribution in [-0.2, 0) is 27.6 Å². The zero-order valence-electron chi connectivity index (χ0n) is 23.4. The van der Waals surface area contributed by atoms with Crippen LogP contribution < -0.4 is 0 Å². The van der Waals surface area contributed by atoms with Gasteiger partial charge >= 0.3 is 5.97 Å². The van der Waals surface area contributed by atoms with Gasteiger partial charge in [0.15, 0.2) is 0 Å². The van der Waals surface area contributed by atoms with Gasteiger partial charge in [0.2, 0.25) is 0 Å². The molecule has 4 rings (SSSR count). The first-order chi connectivity index (χ1) is 20.1. The number of carbonyl (C=O) groups is 1. The van der Waals surface area contributed by atoms with E-state index in [0.717, 1.165) is 27.7 Å². The topological polar surface area (TPSA) is 124 Å². The molecule has 10 heteroatoms. The molecule has 42 heavy (non-hydrogen) atoms. The van der Waals surface area contributed by atoms with E-state index in [1.54, 1.807) is 48.6 Å². The lowest BCUT2D eigenvalue weighted by atomic mass is 10.0. The Balaban J connectivity index is 1.40. The lowest BCUT2D eigenvalue weighted by Crippen LogP contribution is -2.20. The second-order valence-corrected chi connectivity index (χ2v) is 10.2. The summed E-state index contributed by atoms with van der Waals surface area (Å²) in [4.78, 5) is 26.9. The van der Waals surface area contributed by atoms with E-state index in [2.05, 4.69) is 23.3 Å². The van der Waals surface area contributed by atoms with Crippen molar-refractivity contribution in [1.29, 1.82) is 0 Å². The van der Waals surface area contributed by atoms with Gasteiger partial charge in [-0.05, 0) is 54.8 Å². The molecular weight excluding hydrogens is 543 g/mol. The van der Waals surface area contributed by atoms with Crippen LogP contribution in [0.4, 0.5) is 4.39 Å². The van der Waals surface area contributed by atoms with Gasteiger partial charge in [0, 0.05) is 34.6 Å². The van der Waals surface area contributed by atoms with Gasteiger partial charge in [-0.3, -0.25) is 4.79 Å². The molecule has 0 bridgehead atoms. The third-order valence-corrected chi connectivity index (χ3v) is 6.75. The zero-order valence-corrected chi connectivity index (χ0v) is 23.4. The van der Waals surface area contributed by atoms with Crippen molar-refractivity contribution in [3.63, 3.8) is 0 Å². The molecule has 0 radical (unpaired) electrons. The molecule has 3 aromatic carbocycles. The first kappa shape index (κ1) is 30.4. The fourth-order valence-corrected chi connectivity index (χ4v) is 4.84. The van der Waals surface area contributed by atoms with E-state index in [1.807, 2.05) is 24.3 Å². The lowest BCUT2D eigenvalue weighted by Gasteiger charge is -2.15. The smallest absolute Gasteiger partial charge is 0.308 e. The molecular formula is C32H33FN2O7. The summed E-state index contributed by atoms with van der Waals surface area (Å²) >= 11 is 0. The lowest BCUT2D eigenvalue weighted by molar-refractivity contribution is -0.763. The zero-order chi connectivity index (χ0) is 30.2. The van der Waals surface area contributed by atoms with Gasteiger partial charge in [-0.2, -0.15) is 0 Å². The molecule has 0 aliphatic carbocycles. The number of aliphatic hydroxyl groups is 2. The molecule has 4 aromatic rings. The van der Waals surface area contributed by atoms with Crippen molar-refractivity contribution >= 4 is 22.9 Å². The Kier molecular flexibility index (Phi) is 10.1. The summed E-state index contributed by atoms with van der Waals surface area (Å²) in [5.41, 5.74) is 4.85. The maximum absolute atomic E-state index is 13.7. The number of hydrogen-bond donors (Lipinski definition) is 2. The molecule has 2 atom stereocenters. The Morgan fingerprint density at radius 3 is 2.29 bits per heavy atom. The third kappa shape index (κ3) is 7.80. The Morgan fingerprint density at radius 2 is 1.64 bits per heavy atom. The molecule has 0 aliphatic heterocycles. The van der Waals surface area contributed by atoms with Crippen molar-refractivity contribution in [2.24, 2.45) is 0 Å². The molecule has 0 fully saturated rings. The Labute approximate surface area is 242 Å². The van der Waals surface area contributed by atoms with Crippen molar-refractivity contribution in [3.8, 4) is 11.1 Å². The summed E-state index contributed by atoms with van der Waals surface area (Å²) in [5.74, 6) is -0.956. The first-order valence-electron chi connectivity index (χ1n) is 13.6. The van der Waals surface area contributed by atoms with Crippen LogP contribution >= 0.6 is 0 Å². The summed E-state index contributed by atoms with van der Waals surface area (Å²) in [5, 5.41) is 31.6. The minimum absolute atomic E-state index is 0.0315. The molecule has 1 heterocycles. The molecule has 0 spiro atoms. The number of carbonyl (C=O) groups excluding carboxylic acids is 1. The Hall–Kier alpha value is -4.54. The Bertz CT molecular complexity index is 1550. The van der Waals surface area contributed by atoms with Gasteiger partial charge in [0.25, 0.3) is 5.09 Å². The van der Waals surface area contributed by atoms with Crippen LogP contribution in [0.15, 0.2) is 78.9 Å². The molecule has 0 aliphatic rings. The molecule has 0 amide bonds. The van der Waals surface area contributed by atoms with Crippen LogP contribution in [0, 0.1) is 15.9 Å². The van der Waals surface area contributed by atoms with Crippen molar-refractivity contribution < 1.29 is 34.1 Å². The number of hydrogen-bond acceptors (Lipinski definition) is 7. The summed E-state index contributed by atoms with van der Waals surface area (Å²) in [6, 6.07) is 20.9. The maximum Gasteiger partial charge on any atom is 0.308 e. The number of para-hydroxylation sites is 1. The molecule has 0 unspecified atom stereocenters. The highest BCUT2D eigenvalue weighted by molar-refractivity contribution is 6.01. The largest absolute Gasteiger partial charge is 0.461 e. The van der Waals surface area contributed by atoms with E-state index in [4.69, 9.17) is 4.74 Å². The van der Waals surface area contributed by atoms with Gasteiger partial charge in [-0.15, -0.1) is 10.1 Å². The van der Waals surface area contributed by atoms with Gasteiger partial charge in [0.1, 0.15) is 19.0 Å². The first-order valence-corrected chi connectivity index (χ1v) is 13.6. The molecule has 1 aromatic heterocycles. The highest BCUT2D eigenvalue weighted by Crippen LogP contribution is 2.38. The fourth-order valence-electron chi connectivity index (χ4n) is 4.84. The van der Waals surface area contributed by atoms with E-state index in [0.29, 0.717) is 11.1 Å². The Morgan fingerprint density at radius 1 is 1.00 bits per heavy atom. The highest BCUT2D eigenvalue weighted by Gasteiger charge is 2.20. The minimum Gasteiger partial charge on any atom is -0.461 e. The van der Waals surface area contributed by atoms with Crippen LogP contribution in [-0.4, -0.2) is 38.0 Å². The molecule has 9 nitrogen and oxygen atoms in total. The van der Waals surface area contributed by atoms with Crippen LogP contribution in [0.3, 0.4) is 0 Å². The van der Waals surface area contributed by atoms with Crippen LogP contribution in [0.25, 0.3) is 28.1 Å². The second kappa shape index (κ2) is 13.9. The summed E-state index contributed by atoms with van der Waals surface area (Å²) in [6.45, 7) is 3.91. The number of nitrogens with zero attached hydrogens (tertiary/aromatic N) is 2. The number of ether oxygens (including phenoxy) is 1. The number of benzene rings is 3. The average molecular weight is 577 g/mol. The van der Waals surface area contributed by atoms with E-state index in [9.17, 15) is 29.5 Å². The number of esters is 1. The van der Waals surface area contributed by atoms with Crippen LogP contribution in [0.1, 0.15) is 49.6 Å². The molecule has 2 N–H and O–H groups in total. The summed E-state index contributed by atoms with van der Waals surface area (Å²) < 4.78 is 21.1. The van der Waals surface area contributed by atoms with E-state index in [-0.39, 0.29) is 37.9 Å². The van der Waals surface area contributed by atoms with E-state index in [1.165, 1.54) is 12.1 Å². The second-order valence-electron chi connectivity index (χ2n) is 10.2. The number of aliphatic hydroxyl groups excluding tert-OH is 2. The number of halogens is 1. The number of fused-ring (bicyclic) bond motifs is 1. The standard InChI is InChI=1S/C32H33FN2O7/c1-21(2)34-29-6-4-3-5-28(29)32(24-11-13-25(33)14-12-24)30(34)16-15-26(36)17-27(37)18-31(38)41-19-22-7-9-23(10-8-22)20-42-35(39)40/h3-16,21,26-27,36-37H,17-20H2,1-2H3/t26-,27-/m0/s1. The molecule has 0 saturated carbocycles. The van der Waals surface area contributed by atoms with Crippen molar-refractivity contribution in [3.05, 3.63) is 112 Å². The van der Waals surface area contributed by atoms with Crippen molar-refractivity contribution in [1.82, 2.24) is 4.57 Å². The maximum atomic E-state index is 13.7. The van der Waals surface area contributed by atoms with E-state index < -0.39 is 23.3 Å². The molecule has 220 valence electrons. The highest BCUT2D eigenvalue weighted by atomic mass is 19.1.